The number of carboxylic acid groups (broad SMARTS) is 1. The molecule has 4 nitrogen and oxygen atoms in total. The van der Waals surface area contributed by atoms with E-state index in [2.05, 4.69) is 0 Å². The van der Waals surface area contributed by atoms with Crippen molar-refractivity contribution in [3.8, 4) is 0 Å². The molecule has 0 saturated carbocycles. The predicted octanol–water partition coefficient (Wildman–Crippen LogP) is 3.67. The van der Waals surface area contributed by atoms with E-state index < -0.39 is 11.9 Å². The van der Waals surface area contributed by atoms with Gasteiger partial charge in [0.05, 0.1) is 10.8 Å². The Morgan fingerprint density at radius 3 is 2.78 bits per heavy atom. The number of aliphatic carboxylic acids is 1. The average molecular weight is 335 g/mol. The Balaban J connectivity index is 1.96. The van der Waals surface area contributed by atoms with Gasteiger partial charge in [-0.15, -0.1) is 11.3 Å². The molecule has 23 heavy (non-hydrogen) atoms. The lowest BCUT2D eigenvalue weighted by molar-refractivity contribution is -0.143. The van der Waals surface area contributed by atoms with Crippen LogP contribution in [0.25, 0.3) is 10.1 Å². The molecular weight excluding hydrogens is 317 g/mol. The Hall–Kier alpha value is -1.95. The van der Waals surface area contributed by atoms with Gasteiger partial charge in [0.1, 0.15) is 5.82 Å². The summed E-state index contributed by atoms with van der Waals surface area (Å²) in [5, 5.41) is 9.97. The highest BCUT2D eigenvalue weighted by atomic mass is 32.1. The highest BCUT2D eigenvalue weighted by Crippen LogP contribution is 2.34. The zero-order valence-corrected chi connectivity index (χ0v) is 13.8. The molecule has 2 heterocycles. The van der Waals surface area contributed by atoms with Crippen LogP contribution in [0.2, 0.25) is 0 Å². The molecule has 0 bridgehead atoms. The molecule has 1 aliphatic heterocycles. The van der Waals surface area contributed by atoms with Crippen molar-refractivity contribution >= 4 is 33.3 Å². The highest BCUT2D eigenvalue weighted by Gasteiger charge is 2.34. The van der Waals surface area contributed by atoms with Gasteiger partial charge in [-0.05, 0) is 55.8 Å². The minimum Gasteiger partial charge on any atom is -0.481 e. The first kappa shape index (κ1) is 15.9. The SMILES string of the molecule is Cc1c(C(=O)N2CC(C(=O)O)CCC2C)sc2ccc(F)cc12. The standard InChI is InChI=1S/C17H18FNO3S/c1-9-3-4-11(17(21)22)8-19(9)16(20)15-10(2)13-7-12(18)5-6-14(13)23-15/h5-7,9,11H,3-4,8H2,1-2H3,(H,21,22). The fraction of sp³-hybridized carbons (Fsp3) is 0.412. The number of fused-ring (bicyclic) bond motifs is 1. The summed E-state index contributed by atoms with van der Waals surface area (Å²) in [6.07, 6.45) is 1.28. The van der Waals surface area contributed by atoms with E-state index in [1.165, 1.54) is 23.5 Å². The van der Waals surface area contributed by atoms with Crippen LogP contribution in [0.5, 0.6) is 0 Å². The Kier molecular flexibility index (Phi) is 4.10. The van der Waals surface area contributed by atoms with Crippen LogP contribution in [0.15, 0.2) is 18.2 Å². The quantitative estimate of drug-likeness (QED) is 0.911. The summed E-state index contributed by atoms with van der Waals surface area (Å²) in [5.74, 6) is -1.84. The molecule has 2 unspecified atom stereocenters. The second kappa shape index (κ2) is 5.92. The molecule has 3 rings (SSSR count). The van der Waals surface area contributed by atoms with E-state index in [-0.39, 0.29) is 24.3 Å². The van der Waals surface area contributed by atoms with Gasteiger partial charge in [0.25, 0.3) is 5.91 Å². The third kappa shape index (κ3) is 2.83. The van der Waals surface area contributed by atoms with Gasteiger partial charge in [0.15, 0.2) is 0 Å². The summed E-state index contributed by atoms with van der Waals surface area (Å²) in [7, 11) is 0. The number of piperidine rings is 1. The van der Waals surface area contributed by atoms with Crippen molar-refractivity contribution in [2.45, 2.75) is 32.7 Å². The summed E-state index contributed by atoms with van der Waals surface area (Å²) in [6.45, 7) is 3.99. The van der Waals surface area contributed by atoms with E-state index in [1.54, 1.807) is 11.0 Å². The number of benzene rings is 1. The molecule has 1 N–H and O–H groups in total. The number of thiophene rings is 1. The maximum Gasteiger partial charge on any atom is 0.308 e. The summed E-state index contributed by atoms with van der Waals surface area (Å²) in [5.41, 5.74) is 0.763. The number of hydrogen-bond donors (Lipinski definition) is 1. The molecule has 122 valence electrons. The van der Waals surface area contributed by atoms with Crippen molar-refractivity contribution in [3.63, 3.8) is 0 Å². The summed E-state index contributed by atoms with van der Waals surface area (Å²) < 4.78 is 14.3. The van der Waals surface area contributed by atoms with Crippen LogP contribution in [-0.4, -0.2) is 34.5 Å². The van der Waals surface area contributed by atoms with Crippen molar-refractivity contribution in [2.75, 3.05) is 6.54 Å². The first-order valence-corrected chi connectivity index (χ1v) is 8.42. The van der Waals surface area contributed by atoms with Gasteiger partial charge in [-0.3, -0.25) is 9.59 Å². The lowest BCUT2D eigenvalue weighted by atomic mass is 9.93. The van der Waals surface area contributed by atoms with Crippen molar-refractivity contribution in [2.24, 2.45) is 5.92 Å². The van der Waals surface area contributed by atoms with Crippen molar-refractivity contribution < 1.29 is 19.1 Å². The molecule has 1 aromatic carbocycles. The molecule has 0 radical (unpaired) electrons. The van der Waals surface area contributed by atoms with Crippen LogP contribution >= 0.6 is 11.3 Å². The minimum atomic E-state index is -0.857. The molecule has 0 spiro atoms. The number of rotatable bonds is 2. The second-order valence-electron chi connectivity index (χ2n) is 6.12. The normalized spacial score (nSPS) is 21.6. The molecule has 0 aliphatic carbocycles. The summed E-state index contributed by atoms with van der Waals surface area (Å²) >= 11 is 1.34. The number of aryl methyl sites for hydroxylation is 1. The zero-order chi connectivity index (χ0) is 16.7. The van der Waals surface area contributed by atoms with Gasteiger partial charge in [0, 0.05) is 17.3 Å². The van der Waals surface area contributed by atoms with Gasteiger partial charge in [-0.25, -0.2) is 4.39 Å². The van der Waals surface area contributed by atoms with Gasteiger partial charge in [0.2, 0.25) is 0 Å². The number of likely N-dealkylation sites (tertiary alicyclic amines) is 1. The monoisotopic (exact) mass is 335 g/mol. The van der Waals surface area contributed by atoms with E-state index in [4.69, 9.17) is 0 Å². The van der Waals surface area contributed by atoms with Crippen LogP contribution in [0, 0.1) is 18.7 Å². The minimum absolute atomic E-state index is 0.0134. The van der Waals surface area contributed by atoms with E-state index in [9.17, 15) is 19.1 Å². The van der Waals surface area contributed by atoms with Crippen LogP contribution in [0.4, 0.5) is 4.39 Å². The molecule has 1 amide bonds. The number of hydrogen-bond acceptors (Lipinski definition) is 3. The topological polar surface area (TPSA) is 57.6 Å². The van der Waals surface area contributed by atoms with E-state index >= 15 is 0 Å². The number of carbonyl (C=O) groups excluding carboxylic acids is 1. The predicted molar refractivity (Wildman–Crippen MR) is 87.4 cm³/mol. The van der Waals surface area contributed by atoms with Crippen LogP contribution < -0.4 is 0 Å². The van der Waals surface area contributed by atoms with Gasteiger partial charge in [-0.1, -0.05) is 0 Å². The lowest BCUT2D eigenvalue weighted by Crippen LogP contribution is -2.47. The molecule has 2 aromatic rings. The number of carboxylic acids is 1. The highest BCUT2D eigenvalue weighted by molar-refractivity contribution is 7.21. The molecule has 2 atom stereocenters. The molecule has 1 aliphatic rings. The number of halogens is 1. The number of nitrogens with zero attached hydrogens (tertiary/aromatic N) is 1. The third-order valence-corrected chi connectivity index (χ3v) is 5.85. The molecule has 6 heteroatoms. The first-order chi connectivity index (χ1) is 10.9. The van der Waals surface area contributed by atoms with Gasteiger partial charge >= 0.3 is 5.97 Å². The first-order valence-electron chi connectivity index (χ1n) is 7.61. The van der Waals surface area contributed by atoms with Crippen molar-refractivity contribution in [1.82, 2.24) is 4.90 Å². The Morgan fingerprint density at radius 2 is 2.09 bits per heavy atom. The van der Waals surface area contributed by atoms with E-state index in [0.29, 0.717) is 17.7 Å². The fourth-order valence-electron chi connectivity index (χ4n) is 3.12. The van der Waals surface area contributed by atoms with Gasteiger partial charge in [-0.2, -0.15) is 0 Å². The molecular formula is C17H18FNO3S. The second-order valence-corrected chi connectivity index (χ2v) is 7.17. The van der Waals surface area contributed by atoms with Crippen molar-refractivity contribution in [1.29, 1.82) is 0 Å². The zero-order valence-electron chi connectivity index (χ0n) is 13.0. The van der Waals surface area contributed by atoms with Crippen molar-refractivity contribution in [3.05, 3.63) is 34.5 Å². The summed E-state index contributed by atoms with van der Waals surface area (Å²) in [4.78, 5) is 26.4. The fourth-order valence-corrected chi connectivity index (χ4v) is 4.26. The number of carbonyl (C=O) groups is 2. The summed E-state index contributed by atoms with van der Waals surface area (Å²) in [6, 6.07) is 4.52. The van der Waals surface area contributed by atoms with Crippen LogP contribution in [-0.2, 0) is 4.79 Å². The Labute approximate surface area is 137 Å². The third-order valence-electron chi connectivity index (χ3n) is 4.58. The van der Waals surface area contributed by atoms with E-state index in [0.717, 1.165) is 15.6 Å². The largest absolute Gasteiger partial charge is 0.481 e. The number of amides is 1. The Bertz CT molecular complexity index is 785. The van der Waals surface area contributed by atoms with Crippen LogP contribution in [0.3, 0.4) is 0 Å². The average Bonchev–Trinajstić information content (AvgIpc) is 2.83. The van der Waals surface area contributed by atoms with Crippen LogP contribution in [0.1, 0.15) is 35.0 Å². The smallest absolute Gasteiger partial charge is 0.308 e. The lowest BCUT2D eigenvalue weighted by Gasteiger charge is -2.36. The molecule has 1 aromatic heterocycles. The Morgan fingerprint density at radius 1 is 1.35 bits per heavy atom. The maximum absolute atomic E-state index is 13.4. The molecule has 1 saturated heterocycles. The molecule has 1 fully saturated rings. The van der Waals surface area contributed by atoms with Gasteiger partial charge < -0.3 is 10.0 Å². The maximum atomic E-state index is 13.4. The van der Waals surface area contributed by atoms with E-state index in [1.807, 2.05) is 13.8 Å².